The Morgan fingerprint density at radius 1 is 1.44 bits per heavy atom. The van der Waals surface area contributed by atoms with E-state index in [4.69, 9.17) is 0 Å². The molecule has 9 heavy (non-hydrogen) atoms. The van der Waals surface area contributed by atoms with Gasteiger partial charge in [-0.15, -0.1) is 0 Å². The molecular formula is C8H13N. The quantitative estimate of drug-likeness (QED) is 0.477. The van der Waals surface area contributed by atoms with Crippen LogP contribution in [0.25, 0.3) is 0 Å². The largest absolute Gasteiger partial charge is 0.355 e. The molecule has 0 bridgehead atoms. The summed E-state index contributed by atoms with van der Waals surface area (Å²) in [4.78, 5) is 2.15. The molecule has 1 aliphatic rings. The molecule has 50 valence electrons. The molecule has 0 saturated carbocycles. The summed E-state index contributed by atoms with van der Waals surface area (Å²) in [5.41, 5.74) is 2.86. The van der Waals surface area contributed by atoms with E-state index in [-0.39, 0.29) is 0 Å². The predicted octanol–water partition coefficient (Wildman–Crippen LogP) is 2.13. The average Bonchev–Trinajstić information content (AvgIpc) is 1.83. The number of allylic oxidation sites excluding steroid dienone is 3. The van der Waals surface area contributed by atoms with Gasteiger partial charge >= 0.3 is 0 Å². The lowest BCUT2D eigenvalue weighted by atomic mass is 10.1. The highest BCUT2D eigenvalue weighted by Crippen LogP contribution is 2.16. The van der Waals surface area contributed by atoms with Crippen molar-refractivity contribution >= 4 is 0 Å². The van der Waals surface area contributed by atoms with Crippen molar-refractivity contribution in [3.05, 3.63) is 23.5 Å². The third-order valence-electron chi connectivity index (χ3n) is 1.90. The van der Waals surface area contributed by atoms with Gasteiger partial charge in [0, 0.05) is 12.7 Å². The Bertz CT molecular complexity index is 165. The first-order valence-corrected chi connectivity index (χ1v) is 3.27. The van der Waals surface area contributed by atoms with Crippen LogP contribution in [0.5, 0.6) is 0 Å². The summed E-state index contributed by atoms with van der Waals surface area (Å²) in [7, 11) is 2.08. The first-order valence-electron chi connectivity index (χ1n) is 3.27. The highest BCUT2D eigenvalue weighted by Gasteiger charge is 2.02. The highest BCUT2D eigenvalue weighted by atomic mass is 15.1. The summed E-state index contributed by atoms with van der Waals surface area (Å²) in [6, 6.07) is 0. The first kappa shape index (κ1) is 6.40. The molecule has 0 N–H and O–H groups in total. The van der Waals surface area contributed by atoms with Gasteiger partial charge in [0.2, 0.25) is 0 Å². The SMILES string of the molecule is CC1=C(C)N(C)C=CC1. The van der Waals surface area contributed by atoms with Gasteiger partial charge < -0.3 is 4.90 Å². The number of nitrogens with zero attached hydrogens (tertiary/aromatic N) is 1. The zero-order valence-electron chi connectivity index (χ0n) is 6.31. The van der Waals surface area contributed by atoms with Gasteiger partial charge in [-0.2, -0.15) is 0 Å². The summed E-state index contributed by atoms with van der Waals surface area (Å²) in [6.45, 7) is 4.33. The molecule has 0 fully saturated rings. The second kappa shape index (κ2) is 2.26. The zero-order valence-corrected chi connectivity index (χ0v) is 6.31. The summed E-state index contributed by atoms with van der Waals surface area (Å²) < 4.78 is 0. The first-order chi connectivity index (χ1) is 4.22. The predicted molar refractivity (Wildman–Crippen MR) is 39.9 cm³/mol. The molecule has 0 atom stereocenters. The van der Waals surface area contributed by atoms with Crippen molar-refractivity contribution in [3.8, 4) is 0 Å². The maximum atomic E-state index is 2.18. The normalized spacial score (nSPS) is 19.2. The van der Waals surface area contributed by atoms with Crippen LogP contribution in [0.1, 0.15) is 20.3 Å². The Balaban J connectivity index is 2.79. The molecule has 1 heteroatoms. The number of rotatable bonds is 0. The maximum Gasteiger partial charge on any atom is 0.0132 e. The molecule has 0 aliphatic carbocycles. The van der Waals surface area contributed by atoms with E-state index in [2.05, 4.69) is 38.1 Å². The monoisotopic (exact) mass is 123 g/mol. The molecule has 0 spiro atoms. The highest BCUT2D eigenvalue weighted by molar-refractivity contribution is 5.18. The second-order valence-corrected chi connectivity index (χ2v) is 2.57. The molecule has 0 unspecified atom stereocenters. The van der Waals surface area contributed by atoms with Crippen molar-refractivity contribution in [1.82, 2.24) is 4.90 Å². The van der Waals surface area contributed by atoms with Crippen molar-refractivity contribution in [3.63, 3.8) is 0 Å². The Labute approximate surface area is 56.7 Å². The van der Waals surface area contributed by atoms with Gasteiger partial charge in [0.05, 0.1) is 0 Å². The fourth-order valence-corrected chi connectivity index (χ4v) is 0.948. The molecule has 0 saturated heterocycles. The molecular weight excluding hydrogens is 110 g/mol. The number of hydrogen-bond acceptors (Lipinski definition) is 1. The molecule has 0 aromatic carbocycles. The third kappa shape index (κ3) is 1.15. The van der Waals surface area contributed by atoms with E-state index in [1.807, 2.05) is 0 Å². The van der Waals surface area contributed by atoms with Crippen molar-refractivity contribution < 1.29 is 0 Å². The van der Waals surface area contributed by atoms with Crippen LogP contribution < -0.4 is 0 Å². The van der Waals surface area contributed by atoms with Crippen molar-refractivity contribution in [2.45, 2.75) is 20.3 Å². The molecule has 0 radical (unpaired) electrons. The zero-order chi connectivity index (χ0) is 6.85. The van der Waals surface area contributed by atoms with Crippen LogP contribution in [0.3, 0.4) is 0 Å². The summed E-state index contributed by atoms with van der Waals surface area (Å²) in [6.07, 6.45) is 5.42. The van der Waals surface area contributed by atoms with Gasteiger partial charge in [0.25, 0.3) is 0 Å². The van der Waals surface area contributed by atoms with Gasteiger partial charge in [-0.25, -0.2) is 0 Å². The van der Waals surface area contributed by atoms with Crippen molar-refractivity contribution in [2.24, 2.45) is 0 Å². The van der Waals surface area contributed by atoms with Gasteiger partial charge in [-0.05, 0) is 26.5 Å². The van der Waals surface area contributed by atoms with Crippen LogP contribution in [0.2, 0.25) is 0 Å². The second-order valence-electron chi connectivity index (χ2n) is 2.57. The van der Waals surface area contributed by atoms with E-state index in [9.17, 15) is 0 Å². The van der Waals surface area contributed by atoms with E-state index in [1.165, 1.54) is 11.3 Å². The van der Waals surface area contributed by atoms with Gasteiger partial charge in [0.1, 0.15) is 0 Å². The molecule has 1 rings (SSSR count). The molecule has 1 nitrogen and oxygen atoms in total. The Hall–Kier alpha value is -0.720. The van der Waals surface area contributed by atoms with Crippen molar-refractivity contribution in [2.75, 3.05) is 7.05 Å². The van der Waals surface area contributed by atoms with Gasteiger partial charge in [-0.3, -0.25) is 0 Å². The molecule has 0 aromatic rings. The molecule has 1 heterocycles. The van der Waals surface area contributed by atoms with Gasteiger partial charge in [-0.1, -0.05) is 11.6 Å². The van der Waals surface area contributed by atoms with E-state index in [1.54, 1.807) is 0 Å². The summed E-state index contributed by atoms with van der Waals surface area (Å²) in [5, 5.41) is 0. The minimum atomic E-state index is 1.12. The van der Waals surface area contributed by atoms with Crippen LogP contribution >= 0.6 is 0 Å². The topological polar surface area (TPSA) is 3.24 Å². The Morgan fingerprint density at radius 3 is 2.56 bits per heavy atom. The lowest BCUT2D eigenvalue weighted by Crippen LogP contribution is -2.11. The fraction of sp³-hybridized carbons (Fsp3) is 0.500. The Morgan fingerprint density at radius 2 is 2.11 bits per heavy atom. The van der Waals surface area contributed by atoms with E-state index in [0.29, 0.717) is 0 Å². The van der Waals surface area contributed by atoms with Crippen LogP contribution in [0.15, 0.2) is 23.5 Å². The van der Waals surface area contributed by atoms with E-state index in [0.717, 1.165) is 6.42 Å². The van der Waals surface area contributed by atoms with Crippen LogP contribution in [0, 0.1) is 0 Å². The van der Waals surface area contributed by atoms with Gasteiger partial charge in [0.15, 0.2) is 0 Å². The third-order valence-corrected chi connectivity index (χ3v) is 1.90. The minimum absolute atomic E-state index is 1.12. The molecule has 1 aliphatic heterocycles. The minimum Gasteiger partial charge on any atom is -0.355 e. The van der Waals surface area contributed by atoms with E-state index >= 15 is 0 Å². The smallest absolute Gasteiger partial charge is 0.0132 e. The van der Waals surface area contributed by atoms with Crippen molar-refractivity contribution in [1.29, 1.82) is 0 Å². The van der Waals surface area contributed by atoms with Crippen LogP contribution in [0.4, 0.5) is 0 Å². The maximum absolute atomic E-state index is 2.18. The fourth-order valence-electron chi connectivity index (χ4n) is 0.948. The lowest BCUT2D eigenvalue weighted by molar-refractivity contribution is 0.547. The number of hydrogen-bond donors (Lipinski definition) is 0. The Kier molecular flexibility index (Phi) is 1.60. The summed E-state index contributed by atoms with van der Waals surface area (Å²) in [5.74, 6) is 0. The lowest BCUT2D eigenvalue weighted by Gasteiger charge is -2.21. The molecule has 0 aromatic heterocycles. The van der Waals surface area contributed by atoms with Crippen LogP contribution in [-0.2, 0) is 0 Å². The average molecular weight is 123 g/mol. The molecule has 0 amide bonds. The van der Waals surface area contributed by atoms with Crippen LogP contribution in [-0.4, -0.2) is 11.9 Å². The standard InChI is InChI=1S/C8H13N/c1-7-5-4-6-9(3)8(7)2/h4,6H,5H2,1-3H3. The van der Waals surface area contributed by atoms with E-state index < -0.39 is 0 Å². The summed E-state index contributed by atoms with van der Waals surface area (Å²) >= 11 is 0.